The molecule has 0 radical (unpaired) electrons. The van der Waals surface area contributed by atoms with Gasteiger partial charge >= 0.3 is 0 Å². The Kier molecular flexibility index (Phi) is 4.14. The second-order valence-electron chi connectivity index (χ2n) is 6.63. The first-order chi connectivity index (χ1) is 11.8. The lowest BCUT2D eigenvalue weighted by Crippen LogP contribution is -2.43. The van der Waals surface area contributed by atoms with Gasteiger partial charge in [-0.05, 0) is 31.7 Å². The number of aromatic nitrogens is 2. The highest BCUT2D eigenvalue weighted by Crippen LogP contribution is 2.35. The van der Waals surface area contributed by atoms with Crippen LogP contribution in [0.3, 0.4) is 0 Å². The largest absolute Gasteiger partial charge is 0.497 e. The monoisotopic (exact) mass is 328 g/mol. The van der Waals surface area contributed by atoms with Crippen LogP contribution in [0, 0.1) is 0 Å². The van der Waals surface area contributed by atoms with Crippen molar-refractivity contribution in [2.75, 3.05) is 32.2 Å². The smallest absolute Gasteiger partial charge is 0.148 e. The number of nitrogens with zero attached hydrogens (tertiary/aromatic N) is 3. The van der Waals surface area contributed by atoms with Crippen molar-refractivity contribution >= 4 is 16.7 Å². The molecule has 4 rings (SSSR count). The van der Waals surface area contributed by atoms with Gasteiger partial charge in [-0.1, -0.05) is 0 Å². The molecule has 1 saturated heterocycles. The van der Waals surface area contributed by atoms with Crippen LogP contribution in [0.2, 0.25) is 0 Å². The van der Waals surface area contributed by atoms with Gasteiger partial charge in [0.1, 0.15) is 29.2 Å². The summed E-state index contributed by atoms with van der Waals surface area (Å²) in [5.74, 6) is 2.46. The summed E-state index contributed by atoms with van der Waals surface area (Å²) in [6, 6.07) is 5.29. The average Bonchev–Trinajstić information content (AvgIpc) is 3.45. The first-order valence-electron chi connectivity index (χ1n) is 8.66. The van der Waals surface area contributed by atoms with Gasteiger partial charge in [0, 0.05) is 31.2 Å². The van der Waals surface area contributed by atoms with E-state index in [9.17, 15) is 0 Å². The first kappa shape index (κ1) is 15.4. The van der Waals surface area contributed by atoms with Gasteiger partial charge in [-0.3, -0.25) is 0 Å². The van der Waals surface area contributed by atoms with Gasteiger partial charge in [0.2, 0.25) is 0 Å². The highest BCUT2D eigenvalue weighted by molar-refractivity contribution is 5.94. The molecule has 128 valence electrons. The van der Waals surface area contributed by atoms with Gasteiger partial charge in [-0.25, -0.2) is 9.97 Å². The lowest BCUT2D eigenvalue weighted by atomic mass is 10.0. The van der Waals surface area contributed by atoms with E-state index in [0.717, 1.165) is 60.2 Å². The SMILES string of the molecule is COc1cc(OC)c2ncnc(N3CCC(NC4CC4)CC3)c2c1. The van der Waals surface area contributed by atoms with Crippen LogP contribution in [0.25, 0.3) is 10.9 Å². The molecule has 1 N–H and O–H groups in total. The second-order valence-corrected chi connectivity index (χ2v) is 6.63. The predicted octanol–water partition coefficient (Wildman–Crippen LogP) is 2.37. The number of nitrogens with one attached hydrogen (secondary N) is 1. The third kappa shape index (κ3) is 2.98. The molecule has 2 fully saturated rings. The molecule has 1 saturated carbocycles. The summed E-state index contributed by atoms with van der Waals surface area (Å²) in [5, 5.41) is 4.73. The van der Waals surface area contributed by atoms with Crippen LogP contribution in [0.1, 0.15) is 25.7 Å². The highest BCUT2D eigenvalue weighted by Gasteiger charge is 2.28. The number of rotatable bonds is 5. The minimum Gasteiger partial charge on any atom is -0.497 e. The summed E-state index contributed by atoms with van der Waals surface area (Å²) in [7, 11) is 3.32. The molecule has 0 amide bonds. The van der Waals surface area contributed by atoms with Crippen molar-refractivity contribution in [2.45, 2.75) is 37.8 Å². The molecule has 0 atom stereocenters. The van der Waals surface area contributed by atoms with Crippen LogP contribution in [0.15, 0.2) is 18.5 Å². The van der Waals surface area contributed by atoms with E-state index in [0.29, 0.717) is 6.04 Å². The van der Waals surface area contributed by atoms with E-state index < -0.39 is 0 Å². The van der Waals surface area contributed by atoms with Gasteiger partial charge < -0.3 is 19.7 Å². The molecule has 2 aromatic rings. The molecular formula is C18H24N4O2. The van der Waals surface area contributed by atoms with Crippen molar-refractivity contribution < 1.29 is 9.47 Å². The summed E-state index contributed by atoms with van der Waals surface area (Å²) in [6.45, 7) is 2.02. The molecule has 0 spiro atoms. The van der Waals surface area contributed by atoms with Crippen molar-refractivity contribution in [2.24, 2.45) is 0 Å². The number of fused-ring (bicyclic) bond motifs is 1. The Bertz CT molecular complexity index is 724. The van der Waals surface area contributed by atoms with E-state index in [4.69, 9.17) is 9.47 Å². The number of anilines is 1. The minimum absolute atomic E-state index is 0.644. The molecule has 1 aliphatic heterocycles. The Morgan fingerprint density at radius 1 is 1.00 bits per heavy atom. The Hall–Kier alpha value is -2.08. The zero-order chi connectivity index (χ0) is 16.5. The summed E-state index contributed by atoms with van der Waals surface area (Å²) >= 11 is 0. The molecule has 6 heteroatoms. The van der Waals surface area contributed by atoms with Gasteiger partial charge in [0.15, 0.2) is 0 Å². The molecule has 1 aliphatic carbocycles. The van der Waals surface area contributed by atoms with E-state index in [-0.39, 0.29) is 0 Å². The van der Waals surface area contributed by atoms with E-state index in [1.165, 1.54) is 12.8 Å². The fraction of sp³-hybridized carbons (Fsp3) is 0.556. The Morgan fingerprint density at radius 2 is 1.75 bits per heavy atom. The van der Waals surface area contributed by atoms with Gasteiger partial charge in [0.25, 0.3) is 0 Å². The molecule has 0 unspecified atom stereocenters. The van der Waals surface area contributed by atoms with E-state index in [2.05, 4.69) is 20.2 Å². The quantitative estimate of drug-likeness (QED) is 0.909. The highest BCUT2D eigenvalue weighted by atomic mass is 16.5. The molecule has 2 aliphatic rings. The molecule has 6 nitrogen and oxygen atoms in total. The normalized spacial score (nSPS) is 18.8. The van der Waals surface area contributed by atoms with Crippen molar-refractivity contribution in [1.82, 2.24) is 15.3 Å². The van der Waals surface area contributed by atoms with Gasteiger partial charge in [-0.2, -0.15) is 0 Å². The Morgan fingerprint density at radius 3 is 2.42 bits per heavy atom. The maximum Gasteiger partial charge on any atom is 0.148 e. The zero-order valence-corrected chi connectivity index (χ0v) is 14.3. The summed E-state index contributed by atoms with van der Waals surface area (Å²) in [6.07, 6.45) is 6.63. The van der Waals surface area contributed by atoms with Crippen LogP contribution in [-0.4, -0.2) is 49.4 Å². The lowest BCUT2D eigenvalue weighted by molar-refractivity contribution is 0.397. The van der Waals surface area contributed by atoms with Gasteiger partial charge in [-0.15, -0.1) is 0 Å². The number of benzene rings is 1. The van der Waals surface area contributed by atoms with Crippen molar-refractivity contribution in [1.29, 1.82) is 0 Å². The van der Waals surface area contributed by atoms with Gasteiger partial charge in [0.05, 0.1) is 19.6 Å². The minimum atomic E-state index is 0.644. The molecule has 1 aromatic carbocycles. The maximum absolute atomic E-state index is 5.48. The number of hydrogen-bond acceptors (Lipinski definition) is 6. The Balaban J connectivity index is 1.61. The molecule has 24 heavy (non-hydrogen) atoms. The number of methoxy groups -OCH3 is 2. The summed E-state index contributed by atoms with van der Waals surface area (Å²) < 4.78 is 10.9. The van der Waals surface area contributed by atoms with Crippen LogP contribution in [0.5, 0.6) is 11.5 Å². The number of ether oxygens (including phenoxy) is 2. The Labute approximate surface area is 142 Å². The summed E-state index contributed by atoms with van der Waals surface area (Å²) in [4.78, 5) is 11.3. The van der Waals surface area contributed by atoms with Crippen LogP contribution < -0.4 is 19.7 Å². The fourth-order valence-corrected chi connectivity index (χ4v) is 3.46. The third-order valence-electron chi connectivity index (χ3n) is 4.96. The number of hydrogen-bond donors (Lipinski definition) is 1. The molecule has 1 aromatic heterocycles. The maximum atomic E-state index is 5.48. The van der Waals surface area contributed by atoms with Crippen LogP contribution in [-0.2, 0) is 0 Å². The first-order valence-corrected chi connectivity index (χ1v) is 8.66. The predicted molar refractivity (Wildman–Crippen MR) is 94.0 cm³/mol. The van der Waals surface area contributed by atoms with E-state index in [1.807, 2.05) is 12.1 Å². The number of piperidine rings is 1. The standard InChI is InChI=1S/C18H24N4O2/c1-23-14-9-15-17(16(10-14)24-2)19-11-20-18(15)22-7-5-13(6-8-22)21-12-3-4-12/h9-13,21H,3-8H2,1-2H3. The van der Waals surface area contributed by atoms with Crippen molar-refractivity contribution in [3.63, 3.8) is 0 Å². The van der Waals surface area contributed by atoms with E-state index >= 15 is 0 Å². The zero-order valence-electron chi connectivity index (χ0n) is 14.3. The molecule has 2 heterocycles. The van der Waals surface area contributed by atoms with Crippen LogP contribution >= 0.6 is 0 Å². The topological polar surface area (TPSA) is 59.5 Å². The third-order valence-corrected chi connectivity index (χ3v) is 4.96. The lowest BCUT2D eigenvalue weighted by Gasteiger charge is -2.33. The average molecular weight is 328 g/mol. The van der Waals surface area contributed by atoms with Crippen molar-refractivity contribution in [3.8, 4) is 11.5 Å². The second kappa shape index (κ2) is 6.43. The van der Waals surface area contributed by atoms with Crippen LogP contribution in [0.4, 0.5) is 5.82 Å². The molecular weight excluding hydrogens is 304 g/mol. The fourth-order valence-electron chi connectivity index (χ4n) is 3.46. The molecule has 0 bridgehead atoms. The van der Waals surface area contributed by atoms with E-state index in [1.54, 1.807) is 20.5 Å². The van der Waals surface area contributed by atoms with Crippen molar-refractivity contribution in [3.05, 3.63) is 18.5 Å². The summed E-state index contributed by atoms with van der Waals surface area (Å²) in [5.41, 5.74) is 0.835.